The highest BCUT2D eigenvalue weighted by atomic mass is 32.2. The Morgan fingerprint density at radius 2 is 2.05 bits per heavy atom. The van der Waals surface area contributed by atoms with E-state index in [2.05, 4.69) is 10.0 Å². The predicted octanol–water partition coefficient (Wildman–Crippen LogP) is 1.55. The van der Waals surface area contributed by atoms with E-state index in [-0.39, 0.29) is 10.9 Å². The highest BCUT2D eigenvalue weighted by Gasteiger charge is 2.30. The number of hydrogen-bond donors (Lipinski definition) is 3. The van der Waals surface area contributed by atoms with E-state index in [1.54, 1.807) is 19.1 Å². The number of nitrogens with one attached hydrogen (secondary N) is 2. The lowest BCUT2D eigenvalue weighted by molar-refractivity contribution is 0.00300. The number of anilines is 2. The maximum absolute atomic E-state index is 12.0. The van der Waals surface area contributed by atoms with Crippen LogP contribution in [0.15, 0.2) is 23.1 Å². The summed E-state index contributed by atoms with van der Waals surface area (Å²) in [6.45, 7) is 4.80. The topological polar surface area (TPSA) is 93.5 Å². The Bertz CT molecular complexity index is 583. The second-order valence-corrected chi connectivity index (χ2v) is 6.91. The molecule has 6 nitrogen and oxygen atoms in total. The molecule has 4 N–H and O–H groups in total. The zero-order valence-corrected chi connectivity index (χ0v) is 13.2. The minimum absolute atomic E-state index is 0.224. The van der Waals surface area contributed by atoms with Crippen molar-refractivity contribution in [3.63, 3.8) is 0 Å². The molecule has 1 aliphatic rings. The summed E-state index contributed by atoms with van der Waals surface area (Å²) in [4.78, 5) is 0.224. The lowest BCUT2D eigenvalue weighted by atomic mass is 9.89. The first-order valence-electron chi connectivity index (χ1n) is 7.23. The Morgan fingerprint density at radius 3 is 2.67 bits per heavy atom. The van der Waals surface area contributed by atoms with E-state index in [0.717, 1.165) is 19.4 Å². The van der Waals surface area contributed by atoms with Crippen molar-refractivity contribution in [2.24, 2.45) is 0 Å². The zero-order valence-electron chi connectivity index (χ0n) is 12.4. The van der Waals surface area contributed by atoms with Crippen LogP contribution in [0.1, 0.15) is 26.7 Å². The molecule has 0 aromatic heterocycles. The van der Waals surface area contributed by atoms with Gasteiger partial charge in [0.1, 0.15) is 0 Å². The molecule has 118 valence electrons. The van der Waals surface area contributed by atoms with Crippen molar-refractivity contribution >= 4 is 21.4 Å². The third-order valence-corrected chi connectivity index (χ3v) is 5.07. The van der Waals surface area contributed by atoms with Crippen LogP contribution in [0.2, 0.25) is 0 Å². The van der Waals surface area contributed by atoms with Gasteiger partial charge in [0, 0.05) is 19.2 Å². The van der Waals surface area contributed by atoms with Gasteiger partial charge in [-0.25, -0.2) is 13.1 Å². The molecule has 1 aromatic rings. The summed E-state index contributed by atoms with van der Waals surface area (Å²) in [7, 11) is -3.46. The number of nitrogens with two attached hydrogens (primary N) is 1. The van der Waals surface area contributed by atoms with Gasteiger partial charge < -0.3 is 15.8 Å². The van der Waals surface area contributed by atoms with E-state index in [4.69, 9.17) is 10.5 Å². The molecule has 21 heavy (non-hydrogen) atoms. The smallest absolute Gasteiger partial charge is 0.240 e. The first-order chi connectivity index (χ1) is 9.96. The number of benzene rings is 1. The van der Waals surface area contributed by atoms with E-state index < -0.39 is 10.0 Å². The minimum atomic E-state index is -3.46. The van der Waals surface area contributed by atoms with Crippen LogP contribution in [0.5, 0.6) is 0 Å². The normalized spacial score (nSPS) is 21.8. The van der Waals surface area contributed by atoms with Crippen LogP contribution in [0.3, 0.4) is 0 Å². The lowest BCUT2D eigenvalue weighted by Gasteiger charge is -2.36. The molecule has 0 aliphatic heterocycles. The Balaban J connectivity index is 2.07. The highest BCUT2D eigenvalue weighted by molar-refractivity contribution is 7.89. The van der Waals surface area contributed by atoms with Crippen molar-refractivity contribution in [2.45, 2.75) is 43.7 Å². The summed E-state index contributed by atoms with van der Waals surface area (Å²) >= 11 is 0. The van der Waals surface area contributed by atoms with Crippen LogP contribution in [-0.4, -0.2) is 33.7 Å². The number of ether oxygens (including phenoxy) is 1. The third-order valence-electron chi connectivity index (χ3n) is 3.53. The van der Waals surface area contributed by atoms with Crippen molar-refractivity contribution in [1.29, 1.82) is 0 Å². The fourth-order valence-corrected chi connectivity index (χ4v) is 3.44. The molecule has 1 aromatic carbocycles. The monoisotopic (exact) mass is 313 g/mol. The van der Waals surface area contributed by atoms with Gasteiger partial charge in [-0.3, -0.25) is 0 Å². The number of nitrogen functional groups attached to an aromatic ring is 1. The van der Waals surface area contributed by atoms with E-state index in [1.807, 2.05) is 6.92 Å². The van der Waals surface area contributed by atoms with Gasteiger partial charge in [-0.05, 0) is 38.0 Å². The van der Waals surface area contributed by atoms with Crippen molar-refractivity contribution in [1.82, 2.24) is 4.72 Å². The molecule has 0 spiro atoms. The van der Waals surface area contributed by atoms with Crippen LogP contribution >= 0.6 is 0 Å². The molecular formula is C14H23N3O3S. The van der Waals surface area contributed by atoms with Gasteiger partial charge in [0.25, 0.3) is 0 Å². The molecule has 0 atom stereocenters. The molecule has 0 unspecified atom stereocenters. The van der Waals surface area contributed by atoms with Gasteiger partial charge in [0.2, 0.25) is 10.0 Å². The number of sulfonamides is 1. The van der Waals surface area contributed by atoms with Gasteiger partial charge in [-0.2, -0.15) is 0 Å². The average molecular weight is 313 g/mol. The van der Waals surface area contributed by atoms with Crippen LogP contribution in [0.4, 0.5) is 11.4 Å². The van der Waals surface area contributed by atoms with E-state index >= 15 is 0 Å². The van der Waals surface area contributed by atoms with Crippen molar-refractivity contribution < 1.29 is 13.2 Å². The zero-order chi connectivity index (χ0) is 15.5. The van der Waals surface area contributed by atoms with Gasteiger partial charge in [0.15, 0.2) is 0 Å². The van der Waals surface area contributed by atoms with Crippen molar-refractivity contribution in [2.75, 3.05) is 24.2 Å². The van der Waals surface area contributed by atoms with Crippen molar-refractivity contribution in [3.8, 4) is 0 Å². The number of rotatable bonds is 7. The summed E-state index contributed by atoms with van der Waals surface area (Å²) in [5.41, 5.74) is 7.13. The first-order valence-corrected chi connectivity index (χ1v) is 8.72. The first kappa shape index (κ1) is 16.1. The van der Waals surface area contributed by atoms with Crippen LogP contribution in [-0.2, 0) is 14.8 Å². The molecule has 0 radical (unpaired) electrons. The molecule has 0 amide bonds. The molecule has 7 heteroatoms. The largest absolute Gasteiger partial charge is 0.397 e. The second-order valence-electron chi connectivity index (χ2n) is 5.14. The summed E-state index contributed by atoms with van der Waals surface area (Å²) in [5.74, 6) is 0. The maximum Gasteiger partial charge on any atom is 0.240 e. The van der Waals surface area contributed by atoms with E-state index in [1.165, 1.54) is 6.07 Å². The summed E-state index contributed by atoms with van der Waals surface area (Å²) in [6, 6.07) is 5.00. The molecule has 0 bridgehead atoms. The highest BCUT2D eigenvalue weighted by Crippen LogP contribution is 2.30. The summed E-state index contributed by atoms with van der Waals surface area (Å²) < 4.78 is 32.0. The minimum Gasteiger partial charge on any atom is -0.397 e. The third kappa shape index (κ3) is 3.87. The quantitative estimate of drug-likeness (QED) is 0.664. The molecule has 0 saturated heterocycles. The van der Waals surface area contributed by atoms with Gasteiger partial charge >= 0.3 is 0 Å². The predicted molar refractivity (Wildman–Crippen MR) is 83.8 cm³/mol. The maximum atomic E-state index is 12.0. The van der Waals surface area contributed by atoms with E-state index in [0.29, 0.717) is 24.0 Å². The molecule has 2 rings (SSSR count). The van der Waals surface area contributed by atoms with Gasteiger partial charge in [-0.1, -0.05) is 6.92 Å². The molecular weight excluding hydrogens is 290 g/mol. The van der Waals surface area contributed by atoms with Crippen LogP contribution < -0.4 is 15.8 Å². The fourth-order valence-electron chi connectivity index (χ4n) is 2.38. The van der Waals surface area contributed by atoms with Gasteiger partial charge in [0.05, 0.1) is 22.4 Å². The van der Waals surface area contributed by atoms with Crippen LogP contribution in [0, 0.1) is 0 Å². The summed E-state index contributed by atoms with van der Waals surface area (Å²) in [5, 5.41) is 3.29. The van der Waals surface area contributed by atoms with Gasteiger partial charge in [-0.15, -0.1) is 0 Å². The Kier molecular flexibility index (Phi) is 5.08. The Morgan fingerprint density at radius 1 is 1.33 bits per heavy atom. The molecule has 1 saturated carbocycles. The fraction of sp³-hybridized carbons (Fsp3) is 0.571. The van der Waals surface area contributed by atoms with Crippen molar-refractivity contribution in [3.05, 3.63) is 18.2 Å². The number of hydrogen-bond acceptors (Lipinski definition) is 5. The molecule has 0 heterocycles. The van der Waals surface area contributed by atoms with E-state index in [9.17, 15) is 8.42 Å². The Hall–Kier alpha value is -1.31. The Labute approximate surface area is 126 Å². The lowest BCUT2D eigenvalue weighted by Crippen LogP contribution is -2.41. The van der Waals surface area contributed by atoms with Crippen LogP contribution in [0.25, 0.3) is 0 Å². The molecule has 1 fully saturated rings. The molecule has 1 aliphatic carbocycles. The second kappa shape index (κ2) is 6.64. The standard InChI is InChI=1S/C14H23N3O3S/c1-3-16-21(18,19)12-5-6-13(15)14(9-12)17-10-7-11(8-10)20-4-2/h5-6,9-11,16-17H,3-4,7-8,15H2,1-2H3. The summed E-state index contributed by atoms with van der Waals surface area (Å²) in [6.07, 6.45) is 2.12. The SMILES string of the molecule is CCNS(=O)(=O)c1ccc(N)c(NC2CC(OCC)C2)c1. The average Bonchev–Trinajstić information content (AvgIpc) is 2.38.